The summed E-state index contributed by atoms with van der Waals surface area (Å²) < 4.78 is 5.15. The predicted molar refractivity (Wildman–Crippen MR) is 79.5 cm³/mol. The Balaban J connectivity index is 2.05. The van der Waals surface area contributed by atoms with E-state index in [1.807, 2.05) is 25.1 Å². The van der Waals surface area contributed by atoms with Gasteiger partial charge in [-0.3, -0.25) is 0 Å². The zero-order valence-corrected chi connectivity index (χ0v) is 11.3. The SMILES string of the molecule is Cc1ccc2c(=O)oc(Nc3cccc(C#N)c3)nc2c1. The molecule has 5 heteroatoms. The molecule has 0 fully saturated rings. The highest BCUT2D eigenvalue weighted by Gasteiger charge is 2.07. The minimum atomic E-state index is -0.445. The molecule has 0 bridgehead atoms. The van der Waals surface area contributed by atoms with E-state index in [9.17, 15) is 4.79 Å². The summed E-state index contributed by atoms with van der Waals surface area (Å²) in [6.45, 7) is 1.93. The van der Waals surface area contributed by atoms with Gasteiger partial charge in [0, 0.05) is 5.69 Å². The van der Waals surface area contributed by atoms with E-state index in [2.05, 4.69) is 10.3 Å². The molecule has 0 spiro atoms. The standard InChI is InChI=1S/C16H11N3O2/c1-10-5-6-13-14(7-10)19-16(21-15(13)20)18-12-4-2-3-11(8-12)9-17/h2-8H,1H3,(H,18,19). The summed E-state index contributed by atoms with van der Waals surface area (Å²) in [6, 6.07) is 14.4. The Kier molecular flexibility index (Phi) is 3.13. The first kappa shape index (κ1) is 12.9. The van der Waals surface area contributed by atoms with E-state index < -0.39 is 5.63 Å². The number of benzene rings is 2. The smallest absolute Gasteiger partial charge is 0.348 e. The molecule has 21 heavy (non-hydrogen) atoms. The van der Waals surface area contributed by atoms with E-state index >= 15 is 0 Å². The van der Waals surface area contributed by atoms with Crippen LogP contribution in [0, 0.1) is 18.3 Å². The van der Waals surface area contributed by atoms with Gasteiger partial charge in [-0.1, -0.05) is 12.1 Å². The van der Waals surface area contributed by atoms with Crippen molar-refractivity contribution in [3.63, 3.8) is 0 Å². The van der Waals surface area contributed by atoms with E-state index in [4.69, 9.17) is 9.68 Å². The van der Waals surface area contributed by atoms with Gasteiger partial charge in [0.25, 0.3) is 0 Å². The lowest BCUT2D eigenvalue weighted by molar-refractivity contribution is 0.522. The fraction of sp³-hybridized carbons (Fsp3) is 0.0625. The first-order valence-electron chi connectivity index (χ1n) is 6.34. The number of aryl methyl sites for hydroxylation is 1. The molecular formula is C16H11N3O2. The Hall–Kier alpha value is -3.13. The quantitative estimate of drug-likeness (QED) is 0.778. The number of nitriles is 1. The van der Waals surface area contributed by atoms with Crippen LogP contribution in [0.15, 0.2) is 51.7 Å². The fourth-order valence-electron chi connectivity index (χ4n) is 2.03. The summed E-state index contributed by atoms with van der Waals surface area (Å²) in [5, 5.41) is 12.2. The van der Waals surface area contributed by atoms with Crippen LogP contribution in [0.5, 0.6) is 0 Å². The van der Waals surface area contributed by atoms with E-state index in [0.717, 1.165) is 5.56 Å². The van der Waals surface area contributed by atoms with Crippen molar-refractivity contribution in [2.45, 2.75) is 6.92 Å². The van der Waals surface area contributed by atoms with Crippen LogP contribution in [0.3, 0.4) is 0 Å². The Bertz CT molecular complexity index is 923. The Labute approximate surface area is 120 Å². The number of nitrogens with zero attached hydrogens (tertiary/aromatic N) is 2. The van der Waals surface area contributed by atoms with Crippen molar-refractivity contribution in [1.29, 1.82) is 5.26 Å². The van der Waals surface area contributed by atoms with Gasteiger partial charge in [0.05, 0.1) is 22.5 Å². The van der Waals surface area contributed by atoms with Gasteiger partial charge in [-0.25, -0.2) is 4.79 Å². The van der Waals surface area contributed by atoms with E-state index in [1.54, 1.807) is 30.3 Å². The predicted octanol–water partition coefficient (Wildman–Crippen LogP) is 3.11. The van der Waals surface area contributed by atoms with Crippen LogP contribution >= 0.6 is 0 Å². The monoisotopic (exact) mass is 277 g/mol. The van der Waals surface area contributed by atoms with Gasteiger partial charge in [-0.05, 0) is 42.8 Å². The molecule has 0 aliphatic carbocycles. The van der Waals surface area contributed by atoms with Gasteiger partial charge >= 0.3 is 11.6 Å². The molecule has 1 N–H and O–H groups in total. The number of aromatic nitrogens is 1. The maximum Gasteiger partial charge on any atom is 0.348 e. The molecule has 1 aromatic heterocycles. The van der Waals surface area contributed by atoms with E-state index in [-0.39, 0.29) is 6.01 Å². The third kappa shape index (κ3) is 2.60. The van der Waals surface area contributed by atoms with Crippen LogP contribution in [-0.4, -0.2) is 4.98 Å². The molecular weight excluding hydrogens is 266 g/mol. The third-order valence-electron chi connectivity index (χ3n) is 3.03. The van der Waals surface area contributed by atoms with Gasteiger partial charge in [0.1, 0.15) is 0 Å². The molecule has 0 aliphatic heterocycles. The summed E-state index contributed by atoms with van der Waals surface area (Å²) in [5.41, 5.74) is 2.29. The van der Waals surface area contributed by atoms with Gasteiger partial charge < -0.3 is 9.73 Å². The lowest BCUT2D eigenvalue weighted by Crippen LogP contribution is -2.05. The molecule has 5 nitrogen and oxygen atoms in total. The number of nitrogens with one attached hydrogen (secondary N) is 1. The number of hydrogen-bond donors (Lipinski definition) is 1. The molecule has 0 aliphatic rings. The Morgan fingerprint density at radius 3 is 2.90 bits per heavy atom. The molecule has 3 rings (SSSR count). The van der Waals surface area contributed by atoms with Crippen molar-refractivity contribution in [1.82, 2.24) is 4.98 Å². The summed E-state index contributed by atoms with van der Waals surface area (Å²) in [4.78, 5) is 16.2. The molecule has 1 heterocycles. The summed E-state index contributed by atoms with van der Waals surface area (Å²) in [5.74, 6) is 0. The molecule has 0 saturated heterocycles. The molecule has 2 aromatic carbocycles. The number of rotatable bonds is 2. The highest BCUT2D eigenvalue weighted by Crippen LogP contribution is 2.18. The summed E-state index contributed by atoms with van der Waals surface area (Å²) in [6.07, 6.45) is 0. The van der Waals surface area contributed by atoms with E-state index in [0.29, 0.717) is 22.2 Å². The lowest BCUT2D eigenvalue weighted by Gasteiger charge is -2.05. The fourth-order valence-corrected chi connectivity index (χ4v) is 2.03. The van der Waals surface area contributed by atoms with Crippen molar-refractivity contribution in [3.05, 3.63) is 64.0 Å². The second-order valence-corrected chi connectivity index (χ2v) is 4.64. The molecule has 102 valence electrons. The van der Waals surface area contributed by atoms with Crippen molar-refractivity contribution >= 4 is 22.6 Å². The topological polar surface area (TPSA) is 78.9 Å². The molecule has 0 atom stereocenters. The molecule has 0 radical (unpaired) electrons. The first-order valence-corrected chi connectivity index (χ1v) is 6.34. The maximum atomic E-state index is 11.9. The van der Waals surface area contributed by atoms with Crippen molar-refractivity contribution in [2.24, 2.45) is 0 Å². The normalized spacial score (nSPS) is 10.3. The highest BCUT2D eigenvalue weighted by atomic mass is 16.4. The minimum absolute atomic E-state index is 0.105. The van der Waals surface area contributed by atoms with Gasteiger partial charge in [-0.2, -0.15) is 10.2 Å². The second kappa shape index (κ2) is 5.10. The van der Waals surface area contributed by atoms with Gasteiger partial charge in [0.15, 0.2) is 0 Å². The second-order valence-electron chi connectivity index (χ2n) is 4.64. The van der Waals surface area contributed by atoms with Crippen molar-refractivity contribution < 1.29 is 4.42 Å². The van der Waals surface area contributed by atoms with Crippen molar-refractivity contribution in [2.75, 3.05) is 5.32 Å². The zero-order valence-electron chi connectivity index (χ0n) is 11.3. The van der Waals surface area contributed by atoms with Crippen molar-refractivity contribution in [3.8, 4) is 6.07 Å². The molecule has 0 saturated carbocycles. The van der Waals surface area contributed by atoms with Gasteiger partial charge in [0.2, 0.25) is 0 Å². The number of hydrogen-bond acceptors (Lipinski definition) is 5. The maximum absolute atomic E-state index is 11.9. The number of fused-ring (bicyclic) bond motifs is 1. The van der Waals surface area contributed by atoms with Gasteiger partial charge in [-0.15, -0.1) is 0 Å². The minimum Gasteiger partial charge on any atom is -0.388 e. The lowest BCUT2D eigenvalue weighted by atomic mass is 10.2. The first-order chi connectivity index (χ1) is 10.2. The molecule has 3 aromatic rings. The van der Waals surface area contributed by atoms with Crippen LogP contribution in [0.25, 0.3) is 10.9 Å². The molecule has 0 amide bonds. The van der Waals surface area contributed by atoms with Crippen LogP contribution in [0.4, 0.5) is 11.7 Å². The van der Waals surface area contributed by atoms with Crippen LogP contribution < -0.4 is 10.9 Å². The third-order valence-corrected chi connectivity index (χ3v) is 3.03. The summed E-state index contributed by atoms with van der Waals surface area (Å²) in [7, 11) is 0. The molecule has 0 unspecified atom stereocenters. The average molecular weight is 277 g/mol. The number of anilines is 2. The Morgan fingerprint density at radius 2 is 2.10 bits per heavy atom. The van der Waals surface area contributed by atoms with Crippen LogP contribution in [0.1, 0.15) is 11.1 Å². The zero-order chi connectivity index (χ0) is 14.8. The largest absolute Gasteiger partial charge is 0.388 e. The van der Waals surface area contributed by atoms with E-state index in [1.165, 1.54) is 0 Å². The van der Waals surface area contributed by atoms with Crippen LogP contribution in [-0.2, 0) is 0 Å². The Morgan fingerprint density at radius 1 is 1.24 bits per heavy atom. The highest BCUT2D eigenvalue weighted by molar-refractivity contribution is 5.78. The summed E-state index contributed by atoms with van der Waals surface area (Å²) >= 11 is 0. The average Bonchev–Trinajstić information content (AvgIpc) is 2.47. The van der Waals surface area contributed by atoms with Crippen LogP contribution in [0.2, 0.25) is 0 Å².